The Kier molecular flexibility index (Phi) is 4.25. The lowest BCUT2D eigenvalue weighted by Crippen LogP contribution is -2.03. The number of phenolic OH excluding ortho intramolecular Hbond substituents is 1. The lowest BCUT2D eigenvalue weighted by molar-refractivity contribution is 0.0601. The third kappa shape index (κ3) is 3.29. The summed E-state index contributed by atoms with van der Waals surface area (Å²) in [5.41, 5.74) is 3.32. The highest BCUT2D eigenvalue weighted by atomic mass is 16.5. The maximum atomic E-state index is 11.3. The minimum absolute atomic E-state index is 0.272. The van der Waals surface area contributed by atoms with Gasteiger partial charge in [0.05, 0.1) is 12.7 Å². The van der Waals surface area contributed by atoms with Crippen LogP contribution in [0.1, 0.15) is 21.5 Å². The van der Waals surface area contributed by atoms with Gasteiger partial charge in [-0.25, -0.2) is 4.79 Å². The zero-order chi connectivity index (χ0) is 14.5. The Bertz CT molecular complexity index is 606. The van der Waals surface area contributed by atoms with Crippen molar-refractivity contribution >= 4 is 11.7 Å². The predicted octanol–water partition coefficient (Wildman–Crippen LogP) is 3.10. The quantitative estimate of drug-likeness (QED) is 0.839. The van der Waals surface area contributed by atoms with Gasteiger partial charge in [0.25, 0.3) is 0 Å². The van der Waals surface area contributed by atoms with Gasteiger partial charge in [-0.2, -0.15) is 0 Å². The molecule has 0 radical (unpaired) electrons. The highest BCUT2D eigenvalue weighted by Gasteiger charge is 2.05. The summed E-state index contributed by atoms with van der Waals surface area (Å²) in [6.07, 6.45) is 0. The van der Waals surface area contributed by atoms with Crippen LogP contribution < -0.4 is 5.32 Å². The first-order valence-corrected chi connectivity index (χ1v) is 6.31. The summed E-state index contributed by atoms with van der Waals surface area (Å²) < 4.78 is 4.64. The number of rotatable bonds is 4. The van der Waals surface area contributed by atoms with E-state index in [2.05, 4.69) is 10.1 Å². The zero-order valence-corrected chi connectivity index (χ0v) is 11.5. The highest BCUT2D eigenvalue weighted by Crippen LogP contribution is 2.20. The Morgan fingerprint density at radius 2 is 1.90 bits per heavy atom. The fourth-order valence-electron chi connectivity index (χ4n) is 1.90. The van der Waals surface area contributed by atoms with Crippen molar-refractivity contribution in [3.63, 3.8) is 0 Å². The van der Waals surface area contributed by atoms with E-state index in [4.69, 9.17) is 0 Å². The fourth-order valence-corrected chi connectivity index (χ4v) is 1.90. The number of carbonyl (C=O) groups is 1. The molecule has 0 bridgehead atoms. The van der Waals surface area contributed by atoms with Gasteiger partial charge in [-0.3, -0.25) is 0 Å². The second-order valence-electron chi connectivity index (χ2n) is 4.55. The fraction of sp³-hybridized carbons (Fsp3) is 0.188. The topological polar surface area (TPSA) is 58.6 Å². The number of anilines is 1. The largest absolute Gasteiger partial charge is 0.508 e. The average Bonchev–Trinajstić information content (AvgIpc) is 2.48. The summed E-state index contributed by atoms with van der Waals surface area (Å²) >= 11 is 0. The number of phenols is 1. The summed E-state index contributed by atoms with van der Waals surface area (Å²) in [4.78, 5) is 11.3. The molecule has 0 aromatic heterocycles. The van der Waals surface area contributed by atoms with Crippen LogP contribution in [0.4, 0.5) is 5.69 Å². The van der Waals surface area contributed by atoms with E-state index in [1.165, 1.54) is 7.11 Å². The molecular weight excluding hydrogens is 254 g/mol. The number of hydrogen-bond acceptors (Lipinski definition) is 4. The third-order valence-corrected chi connectivity index (χ3v) is 3.02. The Morgan fingerprint density at radius 3 is 2.55 bits per heavy atom. The van der Waals surface area contributed by atoms with Crippen molar-refractivity contribution in [3.05, 3.63) is 59.2 Å². The second-order valence-corrected chi connectivity index (χ2v) is 4.55. The molecule has 2 rings (SSSR count). The SMILES string of the molecule is COC(=O)c1ccc(NCc2cc(C)ccc2O)cc1. The van der Waals surface area contributed by atoms with Gasteiger partial charge in [0, 0.05) is 17.8 Å². The van der Waals surface area contributed by atoms with Gasteiger partial charge in [-0.15, -0.1) is 0 Å². The minimum atomic E-state index is -0.354. The van der Waals surface area contributed by atoms with Crippen molar-refractivity contribution in [3.8, 4) is 5.75 Å². The number of ether oxygens (including phenoxy) is 1. The number of aryl methyl sites for hydroxylation is 1. The summed E-state index contributed by atoms with van der Waals surface area (Å²) in [5, 5.41) is 13.0. The predicted molar refractivity (Wildman–Crippen MR) is 78.0 cm³/mol. The van der Waals surface area contributed by atoms with Crippen LogP contribution in [0.3, 0.4) is 0 Å². The number of methoxy groups -OCH3 is 1. The smallest absolute Gasteiger partial charge is 0.337 e. The van der Waals surface area contributed by atoms with E-state index >= 15 is 0 Å². The van der Waals surface area contributed by atoms with Crippen molar-refractivity contribution in [1.29, 1.82) is 0 Å². The first-order chi connectivity index (χ1) is 9.60. The molecule has 0 saturated carbocycles. The molecular formula is C16H17NO3. The maximum Gasteiger partial charge on any atom is 0.337 e. The molecule has 0 aliphatic rings. The number of aromatic hydroxyl groups is 1. The molecule has 4 nitrogen and oxygen atoms in total. The summed E-state index contributed by atoms with van der Waals surface area (Å²) in [6.45, 7) is 2.50. The Morgan fingerprint density at radius 1 is 1.20 bits per heavy atom. The van der Waals surface area contributed by atoms with E-state index in [1.54, 1.807) is 30.3 Å². The first-order valence-electron chi connectivity index (χ1n) is 6.31. The molecule has 2 N–H and O–H groups in total. The molecule has 0 unspecified atom stereocenters. The van der Waals surface area contributed by atoms with Gasteiger partial charge in [0.1, 0.15) is 5.75 Å². The van der Waals surface area contributed by atoms with E-state index in [-0.39, 0.29) is 11.7 Å². The van der Waals surface area contributed by atoms with E-state index in [0.717, 1.165) is 16.8 Å². The lowest BCUT2D eigenvalue weighted by atomic mass is 10.1. The average molecular weight is 271 g/mol. The molecule has 0 spiro atoms. The van der Waals surface area contributed by atoms with Gasteiger partial charge in [0.15, 0.2) is 0 Å². The van der Waals surface area contributed by atoms with Gasteiger partial charge in [-0.1, -0.05) is 17.7 Å². The molecule has 4 heteroatoms. The number of hydrogen-bond donors (Lipinski definition) is 2. The lowest BCUT2D eigenvalue weighted by Gasteiger charge is -2.09. The number of benzene rings is 2. The van der Waals surface area contributed by atoms with Gasteiger partial charge in [0.2, 0.25) is 0 Å². The second kappa shape index (κ2) is 6.10. The van der Waals surface area contributed by atoms with E-state index in [1.807, 2.05) is 19.1 Å². The summed E-state index contributed by atoms with van der Waals surface area (Å²) in [5.74, 6) is -0.0813. The third-order valence-electron chi connectivity index (χ3n) is 3.02. The van der Waals surface area contributed by atoms with Crippen LogP contribution in [0.5, 0.6) is 5.75 Å². The maximum absolute atomic E-state index is 11.3. The van der Waals surface area contributed by atoms with Crippen LogP contribution >= 0.6 is 0 Å². The zero-order valence-electron chi connectivity index (χ0n) is 11.5. The van der Waals surface area contributed by atoms with Crippen molar-refractivity contribution in [2.24, 2.45) is 0 Å². The minimum Gasteiger partial charge on any atom is -0.508 e. The van der Waals surface area contributed by atoms with Crippen molar-refractivity contribution in [2.75, 3.05) is 12.4 Å². The van der Waals surface area contributed by atoms with E-state index in [0.29, 0.717) is 12.1 Å². The summed E-state index contributed by atoms with van der Waals surface area (Å²) in [6, 6.07) is 12.5. The number of nitrogens with one attached hydrogen (secondary N) is 1. The highest BCUT2D eigenvalue weighted by molar-refractivity contribution is 5.89. The van der Waals surface area contributed by atoms with E-state index < -0.39 is 0 Å². The molecule has 104 valence electrons. The van der Waals surface area contributed by atoms with Crippen LogP contribution in [0, 0.1) is 6.92 Å². The van der Waals surface area contributed by atoms with Crippen molar-refractivity contribution in [2.45, 2.75) is 13.5 Å². The molecule has 2 aromatic rings. The van der Waals surface area contributed by atoms with Crippen molar-refractivity contribution < 1.29 is 14.6 Å². The molecule has 0 atom stereocenters. The summed E-state index contributed by atoms with van der Waals surface area (Å²) in [7, 11) is 1.36. The molecule has 0 aliphatic carbocycles. The number of esters is 1. The molecule has 2 aromatic carbocycles. The molecule has 0 fully saturated rings. The van der Waals surface area contributed by atoms with Crippen LogP contribution in [-0.2, 0) is 11.3 Å². The van der Waals surface area contributed by atoms with Gasteiger partial charge >= 0.3 is 5.97 Å². The molecule has 0 aliphatic heterocycles. The molecule has 20 heavy (non-hydrogen) atoms. The Labute approximate surface area is 118 Å². The molecule has 0 amide bonds. The van der Waals surface area contributed by atoms with Gasteiger partial charge in [-0.05, 0) is 37.3 Å². The molecule has 0 heterocycles. The standard InChI is InChI=1S/C16H17NO3/c1-11-3-8-15(18)13(9-11)10-17-14-6-4-12(5-7-14)16(19)20-2/h3-9,17-18H,10H2,1-2H3. The first kappa shape index (κ1) is 13.9. The van der Waals surface area contributed by atoms with E-state index in [9.17, 15) is 9.90 Å². The van der Waals surface area contributed by atoms with Crippen LogP contribution in [0.25, 0.3) is 0 Å². The van der Waals surface area contributed by atoms with Crippen LogP contribution in [-0.4, -0.2) is 18.2 Å². The van der Waals surface area contributed by atoms with Crippen molar-refractivity contribution in [1.82, 2.24) is 0 Å². The normalized spacial score (nSPS) is 10.1. The van der Waals surface area contributed by atoms with Crippen LogP contribution in [0.2, 0.25) is 0 Å². The Balaban J connectivity index is 2.04. The monoisotopic (exact) mass is 271 g/mol. The van der Waals surface area contributed by atoms with Crippen LogP contribution in [0.15, 0.2) is 42.5 Å². The Hall–Kier alpha value is -2.49. The number of carbonyl (C=O) groups excluding carboxylic acids is 1. The molecule has 0 saturated heterocycles. The van der Waals surface area contributed by atoms with Gasteiger partial charge < -0.3 is 15.2 Å².